The van der Waals surface area contributed by atoms with Crippen molar-refractivity contribution in [2.45, 2.75) is 18.3 Å². The summed E-state index contributed by atoms with van der Waals surface area (Å²) in [7, 11) is -3.78. The summed E-state index contributed by atoms with van der Waals surface area (Å²) in [5, 5.41) is 50.0. The molecule has 0 amide bonds. The largest absolute Gasteiger partial charge is 0.492 e. The van der Waals surface area contributed by atoms with Crippen LogP contribution in [0.3, 0.4) is 0 Å². The molecule has 3 atom stereocenters. The third kappa shape index (κ3) is 7.50. The molecule has 11 nitrogen and oxygen atoms in total. The van der Waals surface area contributed by atoms with Crippen molar-refractivity contribution in [2.24, 2.45) is 17.2 Å². The van der Waals surface area contributed by atoms with Gasteiger partial charge in [-0.3, -0.25) is 0 Å². The quantitative estimate of drug-likeness (QED) is 0.128. The Labute approximate surface area is 222 Å². The van der Waals surface area contributed by atoms with Gasteiger partial charge in [0.25, 0.3) is 0 Å². The van der Waals surface area contributed by atoms with Crippen LogP contribution in [0.25, 0.3) is 0 Å². The van der Waals surface area contributed by atoms with Gasteiger partial charge in [0.2, 0.25) is 0 Å². The third-order valence-electron chi connectivity index (χ3n) is 6.06. The summed E-state index contributed by atoms with van der Waals surface area (Å²) in [5.74, 6) is 0. The van der Waals surface area contributed by atoms with E-state index < -0.39 is 33.6 Å². The predicted molar refractivity (Wildman–Crippen MR) is 148 cm³/mol. The van der Waals surface area contributed by atoms with Gasteiger partial charge in [0, 0.05) is 19.6 Å². The number of nitrogens with two attached hydrogens (primary N) is 3. The summed E-state index contributed by atoms with van der Waals surface area (Å²) in [6.07, 6.45) is -2.06. The maximum Gasteiger partial charge on any atom is 0.492 e. The number of fused-ring (bicyclic) bond motifs is 1. The lowest BCUT2D eigenvalue weighted by atomic mass is 9.68. The molecule has 0 fully saturated rings. The Morgan fingerprint density at radius 3 is 1.71 bits per heavy atom. The molecule has 3 aromatic carbocycles. The van der Waals surface area contributed by atoms with Crippen LogP contribution in [0, 0.1) is 0 Å². The van der Waals surface area contributed by atoms with Gasteiger partial charge in [-0.1, -0.05) is 72.8 Å². The summed E-state index contributed by atoms with van der Waals surface area (Å²) in [4.78, 5) is 0. The lowest BCUT2D eigenvalue weighted by Gasteiger charge is -2.20. The molecule has 0 bridgehead atoms. The first-order valence-corrected chi connectivity index (χ1v) is 11.9. The second kappa shape index (κ2) is 15.1. The van der Waals surface area contributed by atoms with Gasteiger partial charge < -0.3 is 57.2 Å². The molecule has 0 spiro atoms. The molecule has 1 heterocycles. The van der Waals surface area contributed by atoms with E-state index in [4.69, 9.17) is 26.4 Å². The molecule has 0 saturated carbocycles. The van der Waals surface area contributed by atoms with Gasteiger partial charge in [0.1, 0.15) is 0 Å². The Balaban J connectivity index is 0.000000325. The number of aliphatic hydroxyl groups excluding tert-OH is 2. The lowest BCUT2D eigenvalue weighted by molar-refractivity contribution is 0.187. The van der Waals surface area contributed by atoms with Crippen molar-refractivity contribution in [1.82, 2.24) is 0 Å². The Morgan fingerprint density at radius 2 is 1.24 bits per heavy atom. The molecule has 1 aliphatic heterocycles. The average Bonchev–Trinajstić information content (AvgIpc) is 3.28. The van der Waals surface area contributed by atoms with Crippen molar-refractivity contribution in [3.8, 4) is 0 Å². The van der Waals surface area contributed by atoms with E-state index in [-0.39, 0.29) is 24.7 Å². The molecule has 14 heteroatoms. The Morgan fingerprint density at radius 1 is 0.789 bits per heavy atom. The summed E-state index contributed by atoms with van der Waals surface area (Å²) in [6.45, 7) is 0.379. The van der Waals surface area contributed by atoms with Gasteiger partial charge in [-0.25, -0.2) is 0 Å². The van der Waals surface area contributed by atoms with E-state index in [0.717, 1.165) is 11.0 Å². The van der Waals surface area contributed by atoms with E-state index in [1.807, 2.05) is 24.3 Å². The number of benzene rings is 3. The maximum atomic E-state index is 10.3. The molecule has 4 rings (SSSR count). The summed E-state index contributed by atoms with van der Waals surface area (Å²) in [6, 6.07) is 20.7. The van der Waals surface area contributed by atoms with Gasteiger partial charge in [0.05, 0.1) is 18.3 Å². The molecule has 38 heavy (non-hydrogen) atoms. The second-order valence-electron chi connectivity index (χ2n) is 8.44. The van der Waals surface area contributed by atoms with Crippen LogP contribution in [-0.4, -0.2) is 71.8 Å². The summed E-state index contributed by atoms with van der Waals surface area (Å²) < 4.78 is 10.5. The fourth-order valence-corrected chi connectivity index (χ4v) is 4.11. The van der Waals surface area contributed by atoms with Crippen LogP contribution in [-0.2, 0) is 9.23 Å². The fraction of sp³-hybridized carbons (Fsp3) is 0.250. The van der Waals surface area contributed by atoms with E-state index in [9.17, 15) is 25.3 Å². The van der Waals surface area contributed by atoms with Crippen molar-refractivity contribution >= 4 is 37.7 Å². The highest BCUT2D eigenvalue weighted by molar-refractivity contribution is 6.73. The number of hydrogen-bond acceptors (Lipinski definition) is 10. The Bertz CT molecular complexity index is 1090. The fourth-order valence-electron chi connectivity index (χ4n) is 4.11. The summed E-state index contributed by atoms with van der Waals surface area (Å²) >= 11 is 0. The van der Waals surface area contributed by atoms with Gasteiger partial charge >= 0.3 is 21.4 Å². The minimum atomic E-state index is -1.49. The normalized spacial score (nSPS) is 15.5. The van der Waals surface area contributed by atoms with Crippen LogP contribution < -0.4 is 33.6 Å². The third-order valence-corrected chi connectivity index (χ3v) is 6.06. The van der Waals surface area contributed by atoms with E-state index in [0.29, 0.717) is 28.6 Å². The molecule has 0 aromatic heterocycles. The minimum Gasteiger partial charge on any atom is -0.443 e. The standard InChI is InChI=1S/C16H22B2N2O5.C8H10BNO2.H2O/c19-9-15(21)11-5-1-3-7-13(11)17(23)25-18(24)14-8-4-2-6-12(14)16(22)10-20;10-5-8-6-3-1-2-4-7(6)9(11)12-8;/h1-8,15-16,21-24H,9-10,19-20H2;1-4,8,11H,5,10H2;1H2. The van der Waals surface area contributed by atoms with Crippen LogP contribution in [0.15, 0.2) is 72.8 Å². The van der Waals surface area contributed by atoms with Crippen molar-refractivity contribution in [3.63, 3.8) is 0 Å². The minimum absolute atomic E-state index is 0. The first kappa shape index (κ1) is 31.6. The predicted octanol–water partition coefficient (Wildman–Crippen LogP) is -3.66. The van der Waals surface area contributed by atoms with Gasteiger partial charge in [-0.15, -0.1) is 0 Å². The molecule has 1 aliphatic rings. The molecule has 3 unspecified atom stereocenters. The zero-order valence-corrected chi connectivity index (χ0v) is 20.8. The van der Waals surface area contributed by atoms with E-state index in [2.05, 4.69) is 0 Å². The molecule has 0 aliphatic carbocycles. The number of hydrogen-bond donors (Lipinski definition) is 8. The van der Waals surface area contributed by atoms with E-state index >= 15 is 0 Å². The van der Waals surface area contributed by atoms with Crippen LogP contribution in [0.4, 0.5) is 0 Å². The average molecular weight is 525 g/mol. The molecular weight excluding hydrogens is 491 g/mol. The lowest BCUT2D eigenvalue weighted by Crippen LogP contribution is -2.48. The first-order chi connectivity index (χ1) is 17.8. The van der Waals surface area contributed by atoms with Gasteiger partial charge in [0.15, 0.2) is 0 Å². The molecule has 13 N–H and O–H groups in total. The van der Waals surface area contributed by atoms with Crippen molar-refractivity contribution in [1.29, 1.82) is 0 Å². The van der Waals surface area contributed by atoms with Crippen LogP contribution in [0.5, 0.6) is 0 Å². The smallest absolute Gasteiger partial charge is 0.443 e. The van der Waals surface area contributed by atoms with Crippen LogP contribution in [0.1, 0.15) is 35.0 Å². The monoisotopic (exact) mass is 525 g/mol. The molecule has 0 radical (unpaired) electrons. The van der Waals surface area contributed by atoms with Gasteiger partial charge in [-0.05, 0) is 33.1 Å². The topological polar surface area (TPSA) is 229 Å². The maximum absolute atomic E-state index is 10.3. The Kier molecular flexibility index (Phi) is 12.6. The second-order valence-corrected chi connectivity index (χ2v) is 8.44. The van der Waals surface area contributed by atoms with Crippen molar-refractivity contribution < 1.29 is 40.0 Å². The van der Waals surface area contributed by atoms with Crippen molar-refractivity contribution in [2.75, 3.05) is 19.6 Å². The van der Waals surface area contributed by atoms with Crippen LogP contribution >= 0.6 is 0 Å². The highest BCUT2D eigenvalue weighted by Gasteiger charge is 2.33. The zero-order chi connectivity index (χ0) is 26.9. The number of aliphatic hydroxyl groups is 2. The first-order valence-electron chi connectivity index (χ1n) is 11.9. The SMILES string of the molecule is NCC(O)c1ccccc1B(O)OB(O)c1ccccc1C(O)CN.NCC1OB(O)c2ccccc21.O. The summed E-state index contributed by atoms with van der Waals surface area (Å²) in [5.41, 5.74) is 19.7. The molecule has 3 aromatic rings. The highest BCUT2D eigenvalue weighted by atomic mass is 16.5. The van der Waals surface area contributed by atoms with Crippen LogP contribution in [0.2, 0.25) is 0 Å². The molecule has 0 saturated heterocycles. The van der Waals surface area contributed by atoms with E-state index in [1.54, 1.807) is 48.5 Å². The van der Waals surface area contributed by atoms with Crippen molar-refractivity contribution in [3.05, 3.63) is 89.5 Å². The van der Waals surface area contributed by atoms with Gasteiger partial charge in [-0.2, -0.15) is 0 Å². The molecule has 202 valence electrons. The zero-order valence-electron chi connectivity index (χ0n) is 20.8. The van der Waals surface area contributed by atoms with E-state index in [1.165, 1.54) is 0 Å². The molecular formula is C24H34B3N3O8. The highest BCUT2D eigenvalue weighted by Crippen LogP contribution is 2.21. The Hall–Kier alpha value is -2.59. The number of rotatable bonds is 9.